The van der Waals surface area contributed by atoms with Gasteiger partial charge in [-0.1, -0.05) is 41.4 Å². The number of nitrogens with zero attached hydrogens (tertiary/aromatic N) is 1. The van der Waals surface area contributed by atoms with E-state index >= 15 is 0 Å². The number of hydrogen-bond donors (Lipinski definition) is 1. The molecule has 3 rings (SSSR count). The second kappa shape index (κ2) is 12.1. The minimum atomic E-state index is -0.403. The maximum Gasteiger partial charge on any atom is 0.277 e. The largest absolute Gasteiger partial charge is 0.493 e. The van der Waals surface area contributed by atoms with Crippen LogP contribution >= 0.6 is 39.1 Å². The zero-order valence-electron chi connectivity index (χ0n) is 18.8. The van der Waals surface area contributed by atoms with E-state index in [1.54, 1.807) is 31.4 Å². The van der Waals surface area contributed by atoms with Crippen LogP contribution in [0, 0.1) is 13.8 Å². The number of benzene rings is 3. The van der Waals surface area contributed by atoms with Crippen molar-refractivity contribution in [2.45, 2.75) is 20.5 Å². The predicted octanol–water partition coefficient (Wildman–Crippen LogP) is 6.49. The molecule has 9 heteroatoms. The molecule has 3 aromatic carbocycles. The van der Waals surface area contributed by atoms with Crippen LogP contribution in [0.5, 0.6) is 17.2 Å². The Morgan fingerprint density at radius 1 is 1.06 bits per heavy atom. The van der Waals surface area contributed by atoms with Crippen LogP contribution in [-0.2, 0) is 11.4 Å². The standard InChI is InChI=1S/C25H23BrCl2N2O4/c1-15-10-22(24(26)16(2)25(15)28)34-14-23(31)30-29-12-17-8-9-20(21(11-17)32-3)33-13-18-6-4-5-7-19(18)27/h4-12H,13-14H2,1-3H3,(H,30,31)/b29-12+. The van der Waals surface area contributed by atoms with E-state index in [-0.39, 0.29) is 6.61 Å². The number of amides is 1. The average molecular weight is 566 g/mol. The number of hydrogen-bond acceptors (Lipinski definition) is 5. The van der Waals surface area contributed by atoms with Gasteiger partial charge in [0.1, 0.15) is 12.4 Å². The molecule has 0 atom stereocenters. The summed E-state index contributed by atoms with van der Waals surface area (Å²) in [6.07, 6.45) is 1.50. The Balaban J connectivity index is 1.56. The molecule has 0 aliphatic carbocycles. The van der Waals surface area contributed by atoms with Gasteiger partial charge in [0.15, 0.2) is 18.1 Å². The van der Waals surface area contributed by atoms with Gasteiger partial charge in [-0.2, -0.15) is 5.10 Å². The zero-order chi connectivity index (χ0) is 24.7. The summed E-state index contributed by atoms with van der Waals surface area (Å²) in [5, 5.41) is 5.28. The maximum absolute atomic E-state index is 12.1. The number of aryl methyl sites for hydroxylation is 1. The van der Waals surface area contributed by atoms with Crippen LogP contribution in [0.25, 0.3) is 0 Å². The number of hydrazone groups is 1. The lowest BCUT2D eigenvalue weighted by molar-refractivity contribution is -0.123. The Hall–Kier alpha value is -2.74. The molecule has 3 aromatic rings. The van der Waals surface area contributed by atoms with Gasteiger partial charge >= 0.3 is 0 Å². The summed E-state index contributed by atoms with van der Waals surface area (Å²) in [5.74, 6) is 1.23. The molecule has 0 aliphatic rings. The SMILES string of the molecule is COc1cc(/C=N/NC(=O)COc2cc(C)c(Cl)c(C)c2Br)ccc1OCc1ccccc1Cl. The third-order valence-corrected chi connectivity index (χ3v) is 6.79. The van der Waals surface area contributed by atoms with Crippen molar-refractivity contribution in [1.29, 1.82) is 0 Å². The molecule has 0 aliphatic heterocycles. The fraction of sp³-hybridized carbons (Fsp3) is 0.200. The van der Waals surface area contributed by atoms with Crippen molar-refractivity contribution < 1.29 is 19.0 Å². The molecule has 0 heterocycles. The highest BCUT2D eigenvalue weighted by atomic mass is 79.9. The predicted molar refractivity (Wildman–Crippen MR) is 139 cm³/mol. The number of halogens is 3. The van der Waals surface area contributed by atoms with E-state index < -0.39 is 5.91 Å². The molecule has 0 spiro atoms. The second-order valence-electron chi connectivity index (χ2n) is 7.32. The van der Waals surface area contributed by atoms with Crippen molar-refractivity contribution in [1.82, 2.24) is 5.43 Å². The van der Waals surface area contributed by atoms with Crippen molar-refractivity contribution in [2.24, 2.45) is 5.10 Å². The number of nitrogens with one attached hydrogen (secondary N) is 1. The summed E-state index contributed by atoms with van der Waals surface area (Å²) in [6, 6.07) is 14.6. The monoisotopic (exact) mass is 564 g/mol. The summed E-state index contributed by atoms with van der Waals surface area (Å²) in [5.41, 5.74) is 5.75. The first-order valence-electron chi connectivity index (χ1n) is 10.2. The molecule has 0 unspecified atom stereocenters. The molecule has 6 nitrogen and oxygen atoms in total. The molecule has 178 valence electrons. The van der Waals surface area contributed by atoms with Crippen molar-refractivity contribution in [3.8, 4) is 17.2 Å². The highest BCUT2D eigenvalue weighted by Gasteiger charge is 2.12. The van der Waals surface area contributed by atoms with E-state index in [0.29, 0.717) is 38.4 Å². The van der Waals surface area contributed by atoms with E-state index in [1.807, 2.05) is 38.1 Å². The van der Waals surface area contributed by atoms with Gasteiger partial charge in [0.25, 0.3) is 5.91 Å². The van der Waals surface area contributed by atoms with Gasteiger partial charge in [0.05, 0.1) is 17.8 Å². The Bertz CT molecular complexity index is 1220. The van der Waals surface area contributed by atoms with E-state index in [4.69, 9.17) is 37.4 Å². The van der Waals surface area contributed by atoms with Gasteiger partial charge in [-0.15, -0.1) is 0 Å². The van der Waals surface area contributed by atoms with Crippen molar-refractivity contribution in [2.75, 3.05) is 13.7 Å². The maximum atomic E-state index is 12.1. The summed E-state index contributed by atoms with van der Waals surface area (Å²) in [6.45, 7) is 3.86. The fourth-order valence-corrected chi connectivity index (χ4v) is 3.89. The zero-order valence-corrected chi connectivity index (χ0v) is 21.9. The van der Waals surface area contributed by atoms with E-state index in [9.17, 15) is 4.79 Å². The van der Waals surface area contributed by atoms with Crippen molar-refractivity contribution >= 4 is 51.3 Å². The quantitative estimate of drug-likeness (QED) is 0.238. The minimum absolute atomic E-state index is 0.200. The highest BCUT2D eigenvalue weighted by molar-refractivity contribution is 9.10. The van der Waals surface area contributed by atoms with Crippen LogP contribution in [-0.4, -0.2) is 25.8 Å². The molecule has 0 aromatic heterocycles. The molecule has 34 heavy (non-hydrogen) atoms. The summed E-state index contributed by atoms with van der Waals surface area (Å²) in [4.78, 5) is 12.1. The van der Waals surface area contributed by atoms with Gasteiger partial charge in [0.2, 0.25) is 0 Å². The third kappa shape index (κ3) is 6.65. The van der Waals surface area contributed by atoms with Crippen LogP contribution < -0.4 is 19.6 Å². The first-order chi connectivity index (χ1) is 16.3. The van der Waals surface area contributed by atoms with Gasteiger partial charge < -0.3 is 14.2 Å². The first-order valence-corrected chi connectivity index (χ1v) is 11.8. The van der Waals surface area contributed by atoms with Gasteiger partial charge in [-0.25, -0.2) is 5.43 Å². The van der Waals surface area contributed by atoms with Crippen molar-refractivity contribution in [3.63, 3.8) is 0 Å². The Labute approximate surface area is 216 Å². The molecule has 0 saturated carbocycles. The topological polar surface area (TPSA) is 69.2 Å². The Morgan fingerprint density at radius 3 is 2.56 bits per heavy atom. The number of methoxy groups -OCH3 is 1. The number of carbonyl (C=O) groups excluding carboxylic acids is 1. The lowest BCUT2D eigenvalue weighted by Crippen LogP contribution is -2.24. The molecule has 0 fully saturated rings. The molecule has 0 bridgehead atoms. The van der Waals surface area contributed by atoms with Crippen LogP contribution in [0.15, 0.2) is 58.1 Å². The lowest BCUT2D eigenvalue weighted by atomic mass is 10.1. The van der Waals surface area contributed by atoms with Crippen LogP contribution in [0.2, 0.25) is 10.0 Å². The van der Waals surface area contributed by atoms with E-state index in [2.05, 4.69) is 26.5 Å². The summed E-state index contributed by atoms with van der Waals surface area (Å²) >= 11 is 15.8. The lowest BCUT2D eigenvalue weighted by Gasteiger charge is -2.12. The van der Waals surface area contributed by atoms with E-state index in [0.717, 1.165) is 22.3 Å². The van der Waals surface area contributed by atoms with Crippen LogP contribution in [0.3, 0.4) is 0 Å². The number of rotatable bonds is 9. The molecule has 0 saturated heterocycles. The second-order valence-corrected chi connectivity index (χ2v) is 8.89. The minimum Gasteiger partial charge on any atom is -0.493 e. The number of ether oxygens (including phenoxy) is 3. The summed E-state index contributed by atoms with van der Waals surface area (Å²) < 4.78 is 17.6. The third-order valence-electron chi connectivity index (χ3n) is 4.86. The Kier molecular flexibility index (Phi) is 9.21. The molecule has 1 amide bonds. The van der Waals surface area contributed by atoms with Gasteiger partial charge in [0, 0.05) is 15.6 Å². The van der Waals surface area contributed by atoms with Crippen LogP contribution in [0.4, 0.5) is 0 Å². The number of carbonyl (C=O) groups is 1. The van der Waals surface area contributed by atoms with E-state index in [1.165, 1.54) is 6.21 Å². The molecular weight excluding hydrogens is 543 g/mol. The summed E-state index contributed by atoms with van der Waals surface area (Å²) in [7, 11) is 1.55. The normalized spacial score (nSPS) is 10.9. The smallest absolute Gasteiger partial charge is 0.277 e. The molecular formula is C25H23BrCl2N2O4. The fourth-order valence-electron chi connectivity index (χ4n) is 3.01. The average Bonchev–Trinajstić information content (AvgIpc) is 2.84. The molecule has 0 radical (unpaired) electrons. The Morgan fingerprint density at radius 2 is 1.82 bits per heavy atom. The van der Waals surface area contributed by atoms with Gasteiger partial charge in [-0.3, -0.25) is 4.79 Å². The first kappa shape index (κ1) is 25.9. The van der Waals surface area contributed by atoms with Crippen LogP contribution in [0.1, 0.15) is 22.3 Å². The van der Waals surface area contributed by atoms with Gasteiger partial charge in [-0.05, 0) is 76.8 Å². The highest BCUT2D eigenvalue weighted by Crippen LogP contribution is 2.35. The van der Waals surface area contributed by atoms with Crippen molar-refractivity contribution in [3.05, 3.63) is 85.3 Å². The molecule has 1 N–H and O–H groups in total.